The van der Waals surface area contributed by atoms with E-state index in [2.05, 4.69) is 10.3 Å². The first-order valence-corrected chi connectivity index (χ1v) is 7.42. The molecule has 2 aromatic rings. The van der Waals surface area contributed by atoms with E-state index >= 15 is 0 Å². The number of carbonyl (C=O) groups is 1. The van der Waals surface area contributed by atoms with Gasteiger partial charge in [0.2, 0.25) is 5.91 Å². The number of rotatable bonds is 5. The minimum absolute atomic E-state index is 0.173. The van der Waals surface area contributed by atoms with Crippen molar-refractivity contribution < 1.29 is 9.21 Å². The van der Waals surface area contributed by atoms with E-state index in [4.69, 9.17) is 10.2 Å². The molecule has 6 heteroatoms. The number of benzene rings is 1. The Labute approximate surface area is 115 Å². The molecule has 0 bridgehead atoms. The number of thioether (sulfide) groups is 1. The third-order valence-electron chi connectivity index (χ3n) is 2.73. The average molecular weight is 279 g/mol. The molecule has 0 spiro atoms. The molecule has 1 atom stereocenters. The van der Waals surface area contributed by atoms with Crippen molar-refractivity contribution in [1.82, 2.24) is 4.98 Å². The van der Waals surface area contributed by atoms with Crippen molar-refractivity contribution in [2.45, 2.75) is 19.4 Å². The van der Waals surface area contributed by atoms with Crippen LogP contribution in [0.15, 0.2) is 22.6 Å². The molecule has 0 saturated heterocycles. The average Bonchev–Trinajstić information content (AvgIpc) is 2.75. The van der Waals surface area contributed by atoms with Crippen LogP contribution in [0, 0.1) is 6.92 Å². The fraction of sp³-hybridized carbons (Fsp3) is 0.385. The van der Waals surface area contributed by atoms with E-state index in [1.54, 1.807) is 36.9 Å². The maximum absolute atomic E-state index is 11.9. The summed E-state index contributed by atoms with van der Waals surface area (Å²) in [6, 6.07) is 4.87. The van der Waals surface area contributed by atoms with E-state index in [1.165, 1.54) is 0 Å². The second kappa shape index (κ2) is 6.08. The molecule has 1 amide bonds. The summed E-state index contributed by atoms with van der Waals surface area (Å²) in [4.78, 5) is 16.1. The maximum atomic E-state index is 11.9. The van der Waals surface area contributed by atoms with Crippen LogP contribution >= 0.6 is 11.8 Å². The molecule has 1 aromatic carbocycles. The van der Waals surface area contributed by atoms with Gasteiger partial charge in [0.05, 0.1) is 6.04 Å². The molecule has 102 valence electrons. The smallest absolute Gasteiger partial charge is 0.241 e. The SMILES string of the molecule is CSCC[C@@H](N)C(=O)Nc1ccc2oc(C)nc2c1. The number of amides is 1. The van der Waals surface area contributed by atoms with Gasteiger partial charge in [-0.1, -0.05) is 0 Å². The summed E-state index contributed by atoms with van der Waals surface area (Å²) in [5.74, 6) is 1.31. The Morgan fingerprint density at radius 2 is 2.37 bits per heavy atom. The Morgan fingerprint density at radius 3 is 3.11 bits per heavy atom. The minimum atomic E-state index is -0.484. The van der Waals surface area contributed by atoms with Crippen LogP contribution < -0.4 is 11.1 Å². The van der Waals surface area contributed by atoms with Gasteiger partial charge in [0, 0.05) is 12.6 Å². The fourth-order valence-electron chi connectivity index (χ4n) is 1.73. The summed E-state index contributed by atoms with van der Waals surface area (Å²) < 4.78 is 5.38. The fourth-order valence-corrected chi connectivity index (χ4v) is 2.22. The van der Waals surface area contributed by atoms with Crippen molar-refractivity contribution in [2.24, 2.45) is 5.73 Å². The summed E-state index contributed by atoms with van der Waals surface area (Å²) in [5.41, 5.74) is 7.93. The third-order valence-corrected chi connectivity index (χ3v) is 3.38. The lowest BCUT2D eigenvalue weighted by Gasteiger charge is -2.11. The van der Waals surface area contributed by atoms with Crippen LogP contribution in [0.4, 0.5) is 5.69 Å². The lowest BCUT2D eigenvalue weighted by molar-refractivity contribution is -0.117. The highest BCUT2D eigenvalue weighted by atomic mass is 32.2. The van der Waals surface area contributed by atoms with E-state index in [-0.39, 0.29) is 5.91 Å². The van der Waals surface area contributed by atoms with E-state index < -0.39 is 6.04 Å². The minimum Gasteiger partial charge on any atom is -0.441 e. The number of aryl methyl sites for hydroxylation is 1. The molecule has 0 fully saturated rings. The quantitative estimate of drug-likeness (QED) is 0.876. The van der Waals surface area contributed by atoms with Gasteiger partial charge in [-0.05, 0) is 36.6 Å². The molecule has 1 heterocycles. The van der Waals surface area contributed by atoms with Crippen molar-refractivity contribution >= 4 is 34.5 Å². The summed E-state index contributed by atoms with van der Waals surface area (Å²) in [7, 11) is 0. The number of fused-ring (bicyclic) bond motifs is 1. The van der Waals surface area contributed by atoms with Crippen LogP contribution in [-0.4, -0.2) is 28.9 Å². The van der Waals surface area contributed by atoms with Crippen molar-refractivity contribution in [3.8, 4) is 0 Å². The number of anilines is 1. The number of nitrogens with zero attached hydrogens (tertiary/aromatic N) is 1. The van der Waals surface area contributed by atoms with Crippen LogP contribution in [0.5, 0.6) is 0 Å². The first kappa shape index (κ1) is 13.9. The van der Waals surface area contributed by atoms with Gasteiger partial charge in [0.1, 0.15) is 5.52 Å². The van der Waals surface area contributed by atoms with Crippen LogP contribution in [0.3, 0.4) is 0 Å². The van der Waals surface area contributed by atoms with E-state index in [0.29, 0.717) is 23.6 Å². The molecule has 0 unspecified atom stereocenters. The van der Waals surface area contributed by atoms with Crippen LogP contribution in [-0.2, 0) is 4.79 Å². The lowest BCUT2D eigenvalue weighted by Crippen LogP contribution is -2.36. The largest absolute Gasteiger partial charge is 0.441 e. The molecule has 0 aliphatic rings. The molecule has 5 nitrogen and oxygen atoms in total. The monoisotopic (exact) mass is 279 g/mol. The van der Waals surface area contributed by atoms with Gasteiger partial charge >= 0.3 is 0 Å². The van der Waals surface area contributed by atoms with E-state index in [0.717, 1.165) is 11.3 Å². The third kappa shape index (κ3) is 3.48. The molecular formula is C13H17N3O2S. The van der Waals surface area contributed by atoms with Crippen molar-refractivity contribution in [1.29, 1.82) is 0 Å². The summed E-state index contributed by atoms with van der Waals surface area (Å²) in [6.07, 6.45) is 2.66. The highest BCUT2D eigenvalue weighted by molar-refractivity contribution is 7.98. The second-order valence-electron chi connectivity index (χ2n) is 4.29. The highest BCUT2D eigenvalue weighted by Gasteiger charge is 2.13. The zero-order chi connectivity index (χ0) is 13.8. The predicted molar refractivity (Wildman–Crippen MR) is 78.4 cm³/mol. The number of carbonyl (C=O) groups excluding carboxylic acids is 1. The van der Waals surface area contributed by atoms with Crippen molar-refractivity contribution in [2.75, 3.05) is 17.3 Å². The second-order valence-corrected chi connectivity index (χ2v) is 5.28. The highest BCUT2D eigenvalue weighted by Crippen LogP contribution is 2.19. The van der Waals surface area contributed by atoms with E-state index in [1.807, 2.05) is 6.26 Å². The first-order chi connectivity index (χ1) is 9.10. The van der Waals surface area contributed by atoms with Gasteiger partial charge in [0.25, 0.3) is 0 Å². The number of hydrogen-bond acceptors (Lipinski definition) is 5. The predicted octanol–water partition coefficient (Wildman–Crippen LogP) is 2.16. The normalized spacial score (nSPS) is 12.6. The standard InChI is InChI=1S/C13H17N3O2S/c1-8-15-11-7-9(3-4-12(11)18-8)16-13(17)10(14)5-6-19-2/h3-4,7,10H,5-6,14H2,1-2H3,(H,16,17)/t10-/m1/s1. The number of hydrogen-bond donors (Lipinski definition) is 2. The molecule has 3 N–H and O–H groups in total. The Hall–Kier alpha value is -1.53. The van der Waals surface area contributed by atoms with Crippen LogP contribution in [0.25, 0.3) is 11.1 Å². The molecule has 0 radical (unpaired) electrons. The number of oxazole rings is 1. The number of nitrogens with one attached hydrogen (secondary N) is 1. The molecule has 0 saturated carbocycles. The number of nitrogens with two attached hydrogens (primary N) is 1. The molecule has 0 aliphatic heterocycles. The maximum Gasteiger partial charge on any atom is 0.241 e. The number of aromatic nitrogens is 1. The lowest BCUT2D eigenvalue weighted by atomic mass is 10.2. The van der Waals surface area contributed by atoms with E-state index in [9.17, 15) is 4.79 Å². The van der Waals surface area contributed by atoms with Crippen LogP contribution in [0.2, 0.25) is 0 Å². The Bertz CT molecular complexity index is 582. The zero-order valence-corrected chi connectivity index (χ0v) is 11.8. The summed E-state index contributed by atoms with van der Waals surface area (Å²) in [5, 5.41) is 2.80. The first-order valence-electron chi connectivity index (χ1n) is 6.02. The molecular weight excluding hydrogens is 262 g/mol. The van der Waals surface area contributed by atoms with Gasteiger partial charge in [0.15, 0.2) is 11.5 Å². The van der Waals surface area contributed by atoms with Gasteiger partial charge in [-0.15, -0.1) is 0 Å². The topological polar surface area (TPSA) is 81.2 Å². The Morgan fingerprint density at radius 1 is 1.58 bits per heavy atom. The van der Waals surface area contributed by atoms with Gasteiger partial charge < -0.3 is 15.5 Å². The van der Waals surface area contributed by atoms with Crippen molar-refractivity contribution in [3.05, 3.63) is 24.1 Å². The zero-order valence-electron chi connectivity index (χ0n) is 11.0. The molecule has 2 rings (SSSR count). The van der Waals surface area contributed by atoms with Crippen molar-refractivity contribution in [3.63, 3.8) is 0 Å². The Balaban J connectivity index is 2.06. The molecule has 19 heavy (non-hydrogen) atoms. The van der Waals surface area contributed by atoms with Gasteiger partial charge in [-0.25, -0.2) is 4.98 Å². The Kier molecular flexibility index (Phi) is 4.44. The van der Waals surface area contributed by atoms with Crippen LogP contribution in [0.1, 0.15) is 12.3 Å². The molecule has 1 aromatic heterocycles. The summed E-state index contributed by atoms with van der Waals surface area (Å²) >= 11 is 1.68. The molecule has 0 aliphatic carbocycles. The van der Waals surface area contributed by atoms with Gasteiger partial charge in [-0.2, -0.15) is 11.8 Å². The van der Waals surface area contributed by atoms with Gasteiger partial charge in [-0.3, -0.25) is 4.79 Å². The summed E-state index contributed by atoms with van der Waals surface area (Å²) in [6.45, 7) is 1.79.